The molecule has 0 heterocycles. The van der Waals surface area contributed by atoms with Crippen molar-refractivity contribution in [3.05, 3.63) is 59.7 Å². The van der Waals surface area contributed by atoms with Crippen LogP contribution in [0.15, 0.2) is 53.4 Å². The SMILES string of the molecule is O=C(O)c1cccc(S)c1OCc1ccccc1. The van der Waals surface area contributed by atoms with E-state index in [9.17, 15) is 4.79 Å². The second kappa shape index (κ2) is 5.60. The molecule has 0 aliphatic heterocycles. The lowest BCUT2D eigenvalue weighted by Gasteiger charge is -2.11. The van der Waals surface area contributed by atoms with Crippen molar-refractivity contribution in [3.63, 3.8) is 0 Å². The Hall–Kier alpha value is -1.94. The Morgan fingerprint density at radius 3 is 2.50 bits per heavy atom. The summed E-state index contributed by atoms with van der Waals surface area (Å²) in [5, 5.41) is 9.07. The first-order valence-corrected chi connectivity index (χ1v) is 5.85. The fraction of sp³-hybridized carbons (Fsp3) is 0.0714. The molecule has 2 aromatic rings. The molecule has 18 heavy (non-hydrogen) atoms. The highest BCUT2D eigenvalue weighted by Gasteiger charge is 2.13. The average Bonchev–Trinajstić information content (AvgIpc) is 2.38. The van der Waals surface area contributed by atoms with Crippen LogP contribution in [0.2, 0.25) is 0 Å². The zero-order chi connectivity index (χ0) is 13.0. The van der Waals surface area contributed by atoms with Gasteiger partial charge in [0.25, 0.3) is 0 Å². The van der Waals surface area contributed by atoms with Gasteiger partial charge in [-0.05, 0) is 17.7 Å². The van der Waals surface area contributed by atoms with E-state index in [0.717, 1.165) is 5.56 Å². The molecule has 0 aromatic heterocycles. The van der Waals surface area contributed by atoms with Crippen molar-refractivity contribution in [1.82, 2.24) is 0 Å². The Labute approximate surface area is 110 Å². The number of rotatable bonds is 4. The average molecular weight is 260 g/mol. The summed E-state index contributed by atoms with van der Waals surface area (Å²) in [5.41, 5.74) is 1.10. The van der Waals surface area contributed by atoms with Crippen LogP contribution in [0.5, 0.6) is 5.75 Å². The minimum absolute atomic E-state index is 0.124. The Morgan fingerprint density at radius 2 is 1.83 bits per heavy atom. The zero-order valence-corrected chi connectivity index (χ0v) is 10.4. The summed E-state index contributed by atoms with van der Waals surface area (Å²) >= 11 is 4.22. The van der Waals surface area contributed by atoms with E-state index in [1.165, 1.54) is 6.07 Å². The van der Waals surface area contributed by atoms with Gasteiger partial charge in [-0.2, -0.15) is 0 Å². The van der Waals surface area contributed by atoms with Crippen molar-refractivity contribution in [1.29, 1.82) is 0 Å². The van der Waals surface area contributed by atoms with E-state index >= 15 is 0 Å². The van der Waals surface area contributed by atoms with Crippen LogP contribution < -0.4 is 4.74 Å². The highest BCUT2D eigenvalue weighted by atomic mass is 32.1. The molecule has 0 unspecified atom stereocenters. The fourth-order valence-electron chi connectivity index (χ4n) is 1.57. The number of benzene rings is 2. The van der Waals surface area contributed by atoms with Crippen LogP contribution in [0.1, 0.15) is 15.9 Å². The maximum Gasteiger partial charge on any atom is 0.339 e. The predicted molar refractivity (Wildman–Crippen MR) is 71.4 cm³/mol. The third-order valence-electron chi connectivity index (χ3n) is 2.45. The minimum Gasteiger partial charge on any atom is -0.487 e. The highest BCUT2D eigenvalue weighted by molar-refractivity contribution is 7.80. The van der Waals surface area contributed by atoms with Crippen LogP contribution >= 0.6 is 12.6 Å². The maximum absolute atomic E-state index is 11.1. The number of hydrogen-bond donors (Lipinski definition) is 2. The molecular weight excluding hydrogens is 248 g/mol. The second-order valence-electron chi connectivity index (χ2n) is 3.73. The molecule has 92 valence electrons. The Balaban J connectivity index is 2.21. The monoisotopic (exact) mass is 260 g/mol. The molecule has 1 N–H and O–H groups in total. The highest BCUT2D eigenvalue weighted by Crippen LogP contribution is 2.28. The van der Waals surface area contributed by atoms with E-state index in [-0.39, 0.29) is 5.56 Å². The Morgan fingerprint density at radius 1 is 1.11 bits per heavy atom. The number of ether oxygens (including phenoxy) is 1. The molecule has 0 aliphatic carbocycles. The van der Waals surface area contributed by atoms with E-state index in [4.69, 9.17) is 9.84 Å². The summed E-state index contributed by atoms with van der Waals surface area (Å²) in [7, 11) is 0. The van der Waals surface area contributed by atoms with Gasteiger partial charge in [0.05, 0.1) is 0 Å². The lowest BCUT2D eigenvalue weighted by molar-refractivity contribution is 0.0691. The summed E-state index contributed by atoms with van der Waals surface area (Å²) < 4.78 is 5.56. The fourth-order valence-corrected chi connectivity index (χ4v) is 1.85. The molecule has 0 fully saturated rings. The number of thiol groups is 1. The zero-order valence-electron chi connectivity index (χ0n) is 9.54. The maximum atomic E-state index is 11.1. The van der Waals surface area contributed by atoms with Crippen molar-refractivity contribution < 1.29 is 14.6 Å². The quantitative estimate of drug-likeness (QED) is 0.829. The lowest BCUT2D eigenvalue weighted by atomic mass is 10.2. The lowest BCUT2D eigenvalue weighted by Crippen LogP contribution is -2.04. The van der Waals surface area contributed by atoms with Gasteiger partial charge in [-0.1, -0.05) is 36.4 Å². The van der Waals surface area contributed by atoms with Gasteiger partial charge in [0.15, 0.2) is 0 Å². The Kier molecular flexibility index (Phi) is 3.89. The van der Waals surface area contributed by atoms with Gasteiger partial charge in [-0.25, -0.2) is 4.79 Å². The van der Waals surface area contributed by atoms with Gasteiger partial charge in [0.2, 0.25) is 0 Å². The first kappa shape index (κ1) is 12.5. The number of carboxylic acids is 1. The molecule has 0 spiro atoms. The first-order valence-electron chi connectivity index (χ1n) is 5.40. The largest absolute Gasteiger partial charge is 0.487 e. The van der Waals surface area contributed by atoms with Crippen molar-refractivity contribution in [2.75, 3.05) is 0 Å². The third-order valence-corrected chi connectivity index (χ3v) is 2.80. The van der Waals surface area contributed by atoms with Crippen molar-refractivity contribution in [2.45, 2.75) is 11.5 Å². The molecule has 2 rings (SSSR count). The number of carbonyl (C=O) groups is 1. The van der Waals surface area contributed by atoms with Gasteiger partial charge in [0.1, 0.15) is 17.9 Å². The molecule has 3 nitrogen and oxygen atoms in total. The summed E-state index contributed by atoms with van der Waals surface area (Å²) in [4.78, 5) is 11.6. The van der Waals surface area contributed by atoms with Gasteiger partial charge in [-0.15, -0.1) is 12.6 Å². The standard InChI is InChI=1S/C14H12O3S/c15-14(16)11-7-4-8-12(18)13(11)17-9-10-5-2-1-3-6-10/h1-8,18H,9H2,(H,15,16). The number of para-hydroxylation sites is 1. The third kappa shape index (κ3) is 2.84. The van der Waals surface area contributed by atoms with Gasteiger partial charge in [0, 0.05) is 4.90 Å². The molecule has 0 amide bonds. The van der Waals surface area contributed by atoms with E-state index < -0.39 is 5.97 Å². The van der Waals surface area contributed by atoms with E-state index in [0.29, 0.717) is 17.3 Å². The molecule has 0 saturated heterocycles. The van der Waals surface area contributed by atoms with Crippen LogP contribution in [0.3, 0.4) is 0 Å². The smallest absolute Gasteiger partial charge is 0.339 e. The van der Waals surface area contributed by atoms with E-state index in [2.05, 4.69) is 12.6 Å². The molecule has 0 radical (unpaired) electrons. The van der Waals surface area contributed by atoms with Crippen molar-refractivity contribution >= 4 is 18.6 Å². The Bertz CT molecular complexity index is 552. The molecule has 0 aliphatic rings. The second-order valence-corrected chi connectivity index (χ2v) is 4.22. The molecule has 0 bridgehead atoms. The molecule has 4 heteroatoms. The summed E-state index contributed by atoms with van der Waals surface area (Å²) in [5.74, 6) is -0.717. The molecule has 0 saturated carbocycles. The van der Waals surface area contributed by atoms with Crippen LogP contribution in [0.4, 0.5) is 0 Å². The summed E-state index contributed by atoms with van der Waals surface area (Å²) in [6.07, 6.45) is 0. The minimum atomic E-state index is -1.02. The molecule has 2 aromatic carbocycles. The van der Waals surface area contributed by atoms with Crippen LogP contribution in [-0.4, -0.2) is 11.1 Å². The van der Waals surface area contributed by atoms with Crippen LogP contribution in [-0.2, 0) is 6.61 Å². The number of hydrogen-bond acceptors (Lipinski definition) is 3. The van der Waals surface area contributed by atoms with Crippen molar-refractivity contribution in [2.24, 2.45) is 0 Å². The summed E-state index contributed by atoms with van der Waals surface area (Å²) in [6.45, 7) is 0.318. The number of carboxylic acid groups (broad SMARTS) is 1. The van der Waals surface area contributed by atoms with Crippen LogP contribution in [0.25, 0.3) is 0 Å². The molecular formula is C14H12O3S. The topological polar surface area (TPSA) is 46.5 Å². The van der Waals surface area contributed by atoms with E-state index in [1.807, 2.05) is 30.3 Å². The van der Waals surface area contributed by atoms with Gasteiger partial charge in [-0.3, -0.25) is 0 Å². The van der Waals surface area contributed by atoms with Crippen LogP contribution in [0, 0.1) is 0 Å². The summed E-state index contributed by atoms with van der Waals surface area (Å²) in [6, 6.07) is 14.4. The normalized spacial score (nSPS) is 10.1. The number of aromatic carboxylic acids is 1. The predicted octanol–water partition coefficient (Wildman–Crippen LogP) is 3.25. The van der Waals surface area contributed by atoms with E-state index in [1.54, 1.807) is 12.1 Å². The van der Waals surface area contributed by atoms with Crippen molar-refractivity contribution in [3.8, 4) is 5.75 Å². The van der Waals surface area contributed by atoms with Gasteiger partial charge < -0.3 is 9.84 Å². The van der Waals surface area contributed by atoms with Gasteiger partial charge >= 0.3 is 5.97 Å². The first-order chi connectivity index (χ1) is 8.68. The molecule has 0 atom stereocenters.